The van der Waals surface area contributed by atoms with E-state index in [1.165, 1.54) is 5.56 Å². The van der Waals surface area contributed by atoms with E-state index in [1.807, 2.05) is 80.9 Å². The number of amides is 1. The van der Waals surface area contributed by atoms with Crippen LogP contribution in [-0.2, 0) is 18.3 Å². The van der Waals surface area contributed by atoms with Crippen molar-refractivity contribution in [3.05, 3.63) is 86.8 Å². The fraction of sp³-hybridized carbons (Fsp3) is 0.269. The molecule has 0 aliphatic rings. The van der Waals surface area contributed by atoms with Crippen LogP contribution >= 0.6 is 0 Å². The number of fused-ring (bicyclic) bond motifs is 1. The summed E-state index contributed by atoms with van der Waals surface area (Å²) in [4.78, 5) is 25.7. The zero-order chi connectivity index (χ0) is 23.0. The SMILES string of the molecule is Cc1ccc(NC(=O)CCc2c(C)c3c(C)nn(-c4ccc(C)cc4)c3n(C)c2=O)cc1. The minimum atomic E-state index is -0.109. The van der Waals surface area contributed by atoms with Crippen molar-refractivity contribution >= 4 is 22.6 Å². The number of aromatic nitrogens is 3. The van der Waals surface area contributed by atoms with Crippen LogP contribution in [0.3, 0.4) is 0 Å². The van der Waals surface area contributed by atoms with E-state index < -0.39 is 0 Å². The van der Waals surface area contributed by atoms with Crippen molar-refractivity contribution in [2.45, 2.75) is 40.5 Å². The molecule has 4 rings (SSSR count). The summed E-state index contributed by atoms with van der Waals surface area (Å²) in [6.45, 7) is 7.95. The number of benzene rings is 2. The Labute approximate surface area is 187 Å². The number of pyridine rings is 1. The van der Waals surface area contributed by atoms with E-state index in [2.05, 4.69) is 5.32 Å². The van der Waals surface area contributed by atoms with E-state index >= 15 is 0 Å². The molecule has 2 aromatic heterocycles. The zero-order valence-electron chi connectivity index (χ0n) is 19.2. The van der Waals surface area contributed by atoms with Crippen molar-refractivity contribution in [3.8, 4) is 5.69 Å². The monoisotopic (exact) mass is 428 g/mol. The normalized spacial score (nSPS) is 11.2. The van der Waals surface area contributed by atoms with E-state index in [4.69, 9.17) is 5.10 Å². The Balaban J connectivity index is 1.67. The van der Waals surface area contributed by atoms with Crippen LogP contribution in [0.4, 0.5) is 5.69 Å². The fourth-order valence-electron chi connectivity index (χ4n) is 4.13. The molecule has 0 aliphatic carbocycles. The summed E-state index contributed by atoms with van der Waals surface area (Å²) in [5.41, 5.74) is 7.05. The van der Waals surface area contributed by atoms with Crippen LogP contribution in [0, 0.1) is 27.7 Å². The predicted octanol–water partition coefficient (Wildman–Crippen LogP) is 4.53. The summed E-state index contributed by atoms with van der Waals surface area (Å²) in [5, 5.41) is 8.60. The number of nitrogens with zero attached hydrogens (tertiary/aromatic N) is 3. The number of aryl methyl sites for hydroxylation is 5. The van der Waals surface area contributed by atoms with Crippen LogP contribution in [-0.4, -0.2) is 20.3 Å². The number of hydrogen-bond donors (Lipinski definition) is 1. The van der Waals surface area contributed by atoms with Gasteiger partial charge in [-0.05, 0) is 63.9 Å². The largest absolute Gasteiger partial charge is 0.326 e. The maximum atomic E-state index is 13.2. The lowest BCUT2D eigenvalue weighted by atomic mass is 10.0. The van der Waals surface area contributed by atoms with Crippen LogP contribution in [0.15, 0.2) is 53.3 Å². The molecule has 2 heterocycles. The number of anilines is 1. The molecule has 6 heteroatoms. The van der Waals surface area contributed by atoms with Crippen molar-refractivity contribution < 1.29 is 4.79 Å². The standard InChI is InChI=1S/C26H28N4O2/c1-16-6-10-20(11-7-16)27-23(31)15-14-22-18(3)24-19(4)28-30(25(24)29(5)26(22)32)21-12-8-17(2)9-13-21/h6-13H,14-15H2,1-5H3,(H,27,31). The Kier molecular flexibility index (Phi) is 5.70. The molecule has 1 amide bonds. The van der Waals surface area contributed by atoms with Gasteiger partial charge in [-0.15, -0.1) is 0 Å². The first-order chi connectivity index (χ1) is 15.3. The first kappa shape index (κ1) is 21.6. The number of carbonyl (C=O) groups excluding carboxylic acids is 1. The van der Waals surface area contributed by atoms with E-state index in [0.29, 0.717) is 12.0 Å². The first-order valence-corrected chi connectivity index (χ1v) is 10.8. The van der Waals surface area contributed by atoms with Gasteiger partial charge in [0.25, 0.3) is 5.56 Å². The molecule has 6 nitrogen and oxygen atoms in total. The van der Waals surface area contributed by atoms with Crippen molar-refractivity contribution in [2.24, 2.45) is 7.05 Å². The average Bonchev–Trinajstić information content (AvgIpc) is 3.11. The summed E-state index contributed by atoms with van der Waals surface area (Å²) in [6, 6.07) is 15.7. The van der Waals surface area contributed by atoms with Gasteiger partial charge in [-0.3, -0.25) is 14.2 Å². The van der Waals surface area contributed by atoms with Gasteiger partial charge >= 0.3 is 0 Å². The summed E-state index contributed by atoms with van der Waals surface area (Å²) in [6.07, 6.45) is 0.613. The maximum Gasteiger partial charge on any atom is 0.255 e. The maximum absolute atomic E-state index is 13.2. The molecule has 0 radical (unpaired) electrons. The third-order valence-electron chi connectivity index (χ3n) is 5.96. The third kappa shape index (κ3) is 3.96. The minimum absolute atomic E-state index is 0.0913. The molecule has 1 N–H and O–H groups in total. The number of nitrogens with one attached hydrogen (secondary N) is 1. The molecule has 164 valence electrons. The molecule has 2 aromatic carbocycles. The molecular weight excluding hydrogens is 400 g/mol. The number of rotatable bonds is 5. The zero-order valence-corrected chi connectivity index (χ0v) is 19.2. The Hall–Kier alpha value is -3.67. The van der Waals surface area contributed by atoms with Gasteiger partial charge in [-0.1, -0.05) is 35.4 Å². The van der Waals surface area contributed by atoms with Crippen LogP contribution in [0.1, 0.15) is 34.4 Å². The minimum Gasteiger partial charge on any atom is -0.326 e. The van der Waals surface area contributed by atoms with Crippen LogP contribution in [0.25, 0.3) is 16.7 Å². The van der Waals surface area contributed by atoms with Gasteiger partial charge in [0.05, 0.1) is 11.4 Å². The Bertz CT molecular complexity index is 1360. The highest BCUT2D eigenvalue weighted by Crippen LogP contribution is 2.26. The average molecular weight is 429 g/mol. The number of hydrogen-bond acceptors (Lipinski definition) is 3. The molecule has 0 bridgehead atoms. The lowest BCUT2D eigenvalue weighted by Gasteiger charge is -2.13. The van der Waals surface area contributed by atoms with Crippen molar-refractivity contribution in [1.29, 1.82) is 0 Å². The van der Waals surface area contributed by atoms with Gasteiger partial charge < -0.3 is 5.32 Å². The van der Waals surface area contributed by atoms with Gasteiger partial charge in [0, 0.05) is 30.1 Å². The first-order valence-electron chi connectivity index (χ1n) is 10.8. The lowest BCUT2D eigenvalue weighted by molar-refractivity contribution is -0.116. The van der Waals surface area contributed by atoms with Crippen LogP contribution in [0.2, 0.25) is 0 Å². The summed E-state index contributed by atoms with van der Waals surface area (Å²) in [7, 11) is 1.77. The molecule has 0 unspecified atom stereocenters. The summed E-state index contributed by atoms with van der Waals surface area (Å²) in [5.74, 6) is -0.109. The van der Waals surface area contributed by atoms with Gasteiger partial charge in [-0.25, -0.2) is 4.68 Å². The quantitative estimate of drug-likeness (QED) is 0.508. The van der Waals surface area contributed by atoms with E-state index in [1.54, 1.807) is 11.6 Å². The second-order valence-corrected chi connectivity index (χ2v) is 8.41. The van der Waals surface area contributed by atoms with Crippen molar-refractivity contribution in [3.63, 3.8) is 0 Å². The molecule has 0 spiro atoms. The van der Waals surface area contributed by atoms with Gasteiger partial charge in [-0.2, -0.15) is 5.10 Å². The highest BCUT2D eigenvalue weighted by atomic mass is 16.1. The highest BCUT2D eigenvalue weighted by Gasteiger charge is 2.20. The summed E-state index contributed by atoms with van der Waals surface area (Å²) >= 11 is 0. The highest BCUT2D eigenvalue weighted by molar-refractivity contribution is 5.91. The number of carbonyl (C=O) groups is 1. The lowest BCUT2D eigenvalue weighted by Crippen LogP contribution is -2.25. The Morgan fingerprint density at radius 3 is 2.16 bits per heavy atom. The van der Waals surface area contributed by atoms with E-state index in [9.17, 15) is 9.59 Å². The molecule has 4 aromatic rings. The summed E-state index contributed by atoms with van der Waals surface area (Å²) < 4.78 is 3.47. The van der Waals surface area contributed by atoms with Gasteiger partial charge in [0.2, 0.25) is 5.91 Å². The van der Waals surface area contributed by atoms with Crippen LogP contribution in [0.5, 0.6) is 0 Å². The molecule has 0 aliphatic heterocycles. The smallest absolute Gasteiger partial charge is 0.255 e. The van der Waals surface area contributed by atoms with Gasteiger partial charge in [0.1, 0.15) is 5.65 Å². The third-order valence-corrected chi connectivity index (χ3v) is 5.96. The van der Waals surface area contributed by atoms with Crippen molar-refractivity contribution in [1.82, 2.24) is 14.3 Å². The molecule has 0 fully saturated rings. The molecule has 0 saturated heterocycles. The fourth-order valence-corrected chi connectivity index (χ4v) is 4.13. The van der Waals surface area contributed by atoms with Gasteiger partial charge in [0.15, 0.2) is 0 Å². The Morgan fingerprint density at radius 2 is 1.53 bits per heavy atom. The topological polar surface area (TPSA) is 68.9 Å². The predicted molar refractivity (Wildman–Crippen MR) is 129 cm³/mol. The van der Waals surface area contributed by atoms with Crippen LogP contribution < -0.4 is 10.9 Å². The van der Waals surface area contributed by atoms with E-state index in [0.717, 1.165) is 39.2 Å². The second kappa shape index (κ2) is 8.46. The Morgan fingerprint density at radius 1 is 0.938 bits per heavy atom. The molecule has 0 atom stereocenters. The molecule has 0 saturated carbocycles. The molecule has 32 heavy (non-hydrogen) atoms. The van der Waals surface area contributed by atoms with Crippen molar-refractivity contribution in [2.75, 3.05) is 5.32 Å². The van der Waals surface area contributed by atoms with E-state index in [-0.39, 0.29) is 17.9 Å². The second-order valence-electron chi connectivity index (χ2n) is 8.41. The molecular formula is C26H28N4O2.